The maximum absolute atomic E-state index is 10.9. The van der Waals surface area contributed by atoms with Crippen molar-refractivity contribution < 1.29 is 14.7 Å². The second-order valence-electron chi connectivity index (χ2n) is 4.06. The van der Waals surface area contributed by atoms with E-state index >= 15 is 0 Å². The average Bonchev–Trinajstić information content (AvgIpc) is 2.18. The van der Waals surface area contributed by atoms with Crippen LogP contribution < -0.4 is 5.32 Å². The topological polar surface area (TPSA) is 66.4 Å². The molecule has 0 saturated heterocycles. The molecule has 0 aromatic heterocycles. The number of carbonyl (C=O) groups is 2. The van der Waals surface area contributed by atoms with Crippen molar-refractivity contribution in [2.24, 2.45) is 0 Å². The largest absolute Gasteiger partial charge is 0.480 e. The molecule has 0 aromatic rings. The van der Waals surface area contributed by atoms with Crippen molar-refractivity contribution in [3.8, 4) is 0 Å². The smallest absolute Gasteiger partial charge is 0.329 e. The van der Waals surface area contributed by atoms with Crippen molar-refractivity contribution in [3.63, 3.8) is 0 Å². The van der Waals surface area contributed by atoms with E-state index in [1.165, 1.54) is 12.8 Å². The Morgan fingerprint density at radius 3 is 2.40 bits per heavy atom. The molecule has 0 aliphatic heterocycles. The zero-order valence-corrected chi connectivity index (χ0v) is 9.58. The van der Waals surface area contributed by atoms with E-state index in [1.54, 1.807) is 6.92 Å². The monoisotopic (exact) mass is 215 g/mol. The molecule has 0 spiro atoms. The van der Waals surface area contributed by atoms with Crippen LogP contribution in [0, 0.1) is 0 Å². The molecule has 2 N–H and O–H groups in total. The van der Waals surface area contributed by atoms with Crippen LogP contribution in [0.1, 0.15) is 52.4 Å². The van der Waals surface area contributed by atoms with Crippen molar-refractivity contribution in [2.45, 2.75) is 57.9 Å². The summed E-state index contributed by atoms with van der Waals surface area (Å²) >= 11 is 0. The number of carbonyl (C=O) groups excluding carboxylic acids is 1. The molecular weight excluding hydrogens is 194 g/mol. The highest BCUT2D eigenvalue weighted by Gasteiger charge is 2.31. The van der Waals surface area contributed by atoms with Gasteiger partial charge in [-0.3, -0.25) is 4.79 Å². The first-order chi connectivity index (χ1) is 7.06. The summed E-state index contributed by atoms with van der Waals surface area (Å²) in [6.07, 6.45) is 6.30. The average molecular weight is 215 g/mol. The van der Waals surface area contributed by atoms with Gasteiger partial charge in [0, 0.05) is 0 Å². The number of unbranched alkanes of at least 4 members (excludes halogenated alkanes) is 4. The fourth-order valence-electron chi connectivity index (χ4n) is 1.45. The molecule has 0 aromatic carbocycles. The van der Waals surface area contributed by atoms with Crippen LogP contribution >= 0.6 is 0 Å². The first-order valence-corrected chi connectivity index (χ1v) is 5.51. The number of aliphatic carboxylic acids is 1. The SMILES string of the molecule is CCCCCCCC(C)(NC=O)C(=O)O. The van der Waals surface area contributed by atoms with E-state index in [1.807, 2.05) is 0 Å². The van der Waals surface area contributed by atoms with Gasteiger partial charge in [-0.1, -0.05) is 39.0 Å². The molecule has 1 amide bonds. The molecule has 0 bridgehead atoms. The molecule has 0 fully saturated rings. The Hall–Kier alpha value is -1.06. The maximum Gasteiger partial charge on any atom is 0.329 e. The molecule has 4 nitrogen and oxygen atoms in total. The van der Waals surface area contributed by atoms with E-state index < -0.39 is 11.5 Å². The lowest BCUT2D eigenvalue weighted by atomic mass is 9.94. The fourth-order valence-corrected chi connectivity index (χ4v) is 1.45. The number of rotatable bonds is 9. The number of carboxylic acids is 1. The second-order valence-corrected chi connectivity index (χ2v) is 4.06. The summed E-state index contributed by atoms with van der Waals surface area (Å²) in [6, 6.07) is 0. The highest BCUT2D eigenvalue weighted by atomic mass is 16.4. The van der Waals surface area contributed by atoms with Crippen LogP contribution in [-0.2, 0) is 9.59 Å². The lowest BCUT2D eigenvalue weighted by Gasteiger charge is -2.23. The van der Waals surface area contributed by atoms with Gasteiger partial charge in [-0.15, -0.1) is 0 Å². The van der Waals surface area contributed by atoms with Gasteiger partial charge in [0.25, 0.3) is 0 Å². The van der Waals surface area contributed by atoms with Gasteiger partial charge >= 0.3 is 5.97 Å². The van der Waals surface area contributed by atoms with E-state index in [0.717, 1.165) is 19.3 Å². The van der Waals surface area contributed by atoms with Crippen molar-refractivity contribution in [2.75, 3.05) is 0 Å². The van der Waals surface area contributed by atoms with Gasteiger partial charge < -0.3 is 10.4 Å². The summed E-state index contributed by atoms with van der Waals surface area (Å²) in [5.41, 5.74) is -1.10. The summed E-state index contributed by atoms with van der Waals surface area (Å²) in [5, 5.41) is 11.3. The van der Waals surface area contributed by atoms with Gasteiger partial charge in [-0.25, -0.2) is 4.79 Å². The quantitative estimate of drug-likeness (QED) is 0.456. The summed E-state index contributed by atoms with van der Waals surface area (Å²) in [7, 11) is 0. The summed E-state index contributed by atoms with van der Waals surface area (Å²) in [5.74, 6) is -0.968. The zero-order valence-electron chi connectivity index (χ0n) is 9.58. The molecule has 1 atom stereocenters. The Labute approximate surface area is 91.1 Å². The molecule has 88 valence electrons. The lowest BCUT2D eigenvalue weighted by Crippen LogP contribution is -2.48. The number of hydrogen-bond acceptors (Lipinski definition) is 2. The second kappa shape index (κ2) is 7.26. The van der Waals surface area contributed by atoms with E-state index in [-0.39, 0.29) is 0 Å². The van der Waals surface area contributed by atoms with E-state index in [9.17, 15) is 9.59 Å². The van der Waals surface area contributed by atoms with Crippen molar-refractivity contribution in [3.05, 3.63) is 0 Å². The normalized spacial score (nSPS) is 14.3. The van der Waals surface area contributed by atoms with E-state index in [0.29, 0.717) is 12.8 Å². The Kier molecular flexibility index (Phi) is 6.75. The molecule has 1 unspecified atom stereocenters. The molecule has 0 heterocycles. The number of amides is 1. The van der Waals surface area contributed by atoms with Gasteiger partial charge in [0.1, 0.15) is 5.54 Å². The van der Waals surface area contributed by atoms with Gasteiger partial charge in [-0.05, 0) is 13.3 Å². The summed E-state index contributed by atoms with van der Waals surface area (Å²) < 4.78 is 0. The minimum absolute atomic E-state index is 0.458. The van der Waals surface area contributed by atoms with Crippen LogP contribution in [0.3, 0.4) is 0 Å². The standard InChI is InChI=1S/C11H21NO3/c1-3-4-5-6-7-8-11(2,10(14)15)12-9-13/h9H,3-8H2,1-2H3,(H,12,13)(H,14,15). The van der Waals surface area contributed by atoms with Crippen molar-refractivity contribution in [1.82, 2.24) is 5.32 Å². The first kappa shape index (κ1) is 13.9. The molecule has 15 heavy (non-hydrogen) atoms. The first-order valence-electron chi connectivity index (χ1n) is 5.51. The van der Waals surface area contributed by atoms with E-state index in [4.69, 9.17) is 5.11 Å². The van der Waals surface area contributed by atoms with Crippen LogP contribution in [-0.4, -0.2) is 23.0 Å². The summed E-state index contributed by atoms with van der Waals surface area (Å²) in [6.45, 7) is 3.68. The number of nitrogens with one attached hydrogen (secondary N) is 1. The number of hydrogen-bond donors (Lipinski definition) is 2. The minimum atomic E-state index is -1.10. The fraction of sp³-hybridized carbons (Fsp3) is 0.818. The molecule has 0 saturated carbocycles. The Morgan fingerprint density at radius 1 is 1.33 bits per heavy atom. The molecule has 0 radical (unpaired) electrons. The summed E-state index contributed by atoms with van der Waals surface area (Å²) in [4.78, 5) is 21.2. The van der Waals surface area contributed by atoms with Gasteiger partial charge in [-0.2, -0.15) is 0 Å². The Balaban J connectivity index is 3.86. The van der Waals surface area contributed by atoms with Crippen molar-refractivity contribution >= 4 is 12.4 Å². The third-order valence-electron chi connectivity index (χ3n) is 2.63. The Bertz CT molecular complexity index is 206. The molecular formula is C11H21NO3. The Morgan fingerprint density at radius 2 is 1.93 bits per heavy atom. The van der Waals surface area contributed by atoms with Gasteiger partial charge in [0.15, 0.2) is 0 Å². The van der Waals surface area contributed by atoms with Crippen molar-refractivity contribution in [1.29, 1.82) is 0 Å². The van der Waals surface area contributed by atoms with Crippen LogP contribution in [0.4, 0.5) is 0 Å². The highest BCUT2D eigenvalue weighted by molar-refractivity contribution is 5.80. The van der Waals surface area contributed by atoms with Gasteiger partial charge in [0.2, 0.25) is 6.41 Å². The maximum atomic E-state index is 10.9. The van der Waals surface area contributed by atoms with Crippen LogP contribution in [0.15, 0.2) is 0 Å². The van der Waals surface area contributed by atoms with Crippen LogP contribution in [0.25, 0.3) is 0 Å². The molecule has 0 aliphatic carbocycles. The molecule has 0 rings (SSSR count). The number of carboxylic acid groups (broad SMARTS) is 1. The predicted molar refractivity (Wildman–Crippen MR) is 58.6 cm³/mol. The van der Waals surface area contributed by atoms with Crippen LogP contribution in [0.2, 0.25) is 0 Å². The highest BCUT2D eigenvalue weighted by Crippen LogP contribution is 2.15. The van der Waals surface area contributed by atoms with E-state index in [2.05, 4.69) is 12.2 Å². The minimum Gasteiger partial charge on any atom is -0.480 e. The molecule has 4 heteroatoms. The third kappa shape index (κ3) is 5.40. The van der Waals surface area contributed by atoms with Gasteiger partial charge in [0.05, 0.1) is 0 Å². The zero-order chi connectivity index (χ0) is 11.7. The van der Waals surface area contributed by atoms with Crippen LogP contribution in [0.5, 0.6) is 0 Å². The third-order valence-corrected chi connectivity index (χ3v) is 2.63. The lowest BCUT2D eigenvalue weighted by molar-refractivity contribution is -0.145. The molecule has 0 aliphatic rings. The predicted octanol–water partition coefficient (Wildman–Crippen LogP) is 1.94.